The number of hydrogen-bond acceptors (Lipinski definition) is 4. The van der Waals surface area contributed by atoms with Gasteiger partial charge in [-0.2, -0.15) is 0 Å². The molecule has 114 valence electrons. The van der Waals surface area contributed by atoms with E-state index >= 15 is 0 Å². The van der Waals surface area contributed by atoms with Gasteiger partial charge in [-0.25, -0.2) is 4.79 Å². The minimum atomic E-state index is -0.351. The second-order valence-electron chi connectivity index (χ2n) is 5.03. The number of esters is 1. The van der Waals surface area contributed by atoms with Gasteiger partial charge in [0.05, 0.1) is 17.9 Å². The Morgan fingerprint density at radius 3 is 2.55 bits per heavy atom. The maximum absolute atomic E-state index is 11.7. The molecule has 0 aliphatic carbocycles. The minimum Gasteiger partial charge on any atom is -0.507 e. The van der Waals surface area contributed by atoms with Crippen LogP contribution in [0.25, 0.3) is 0 Å². The van der Waals surface area contributed by atoms with Crippen molar-refractivity contribution in [2.75, 3.05) is 6.61 Å². The van der Waals surface area contributed by atoms with E-state index in [0.717, 1.165) is 16.7 Å². The quantitative estimate of drug-likeness (QED) is 0.687. The fourth-order valence-corrected chi connectivity index (χ4v) is 2.14. The molecule has 0 amide bonds. The molecular formula is C18H19NO3. The first kappa shape index (κ1) is 15.8. The van der Waals surface area contributed by atoms with Crippen LogP contribution in [0.4, 0.5) is 5.69 Å². The zero-order chi connectivity index (χ0) is 16.1. The maximum Gasteiger partial charge on any atom is 0.338 e. The van der Waals surface area contributed by atoms with E-state index < -0.39 is 0 Å². The van der Waals surface area contributed by atoms with E-state index in [0.29, 0.717) is 23.6 Å². The summed E-state index contributed by atoms with van der Waals surface area (Å²) in [4.78, 5) is 16.1. The maximum atomic E-state index is 11.7. The molecule has 0 saturated carbocycles. The summed E-state index contributed by atoms with van der Waals surface area (Å²) >= 11 is 0. The third-order valence-corrected chi connectivity index (χ3v) is 3.23. The lowest BCUT2D eigenvalue weighted by atomic mass is 10.1. The molecule has 0 bridgehead atoms. The molecule has 0 fully saturated rings. The summed E-state index contributed by atoms with van der Waals surface area (Å²) in [7, 11) is 0. The predicted molar refractivity (Wildman–Crippen MR) is 87.2 cm³/mol. The lowest BCUT2D eigenvalue weighted by Crippen LogP contribution is -2.03. The molecule has 0 radical (unpaired) electrons. The van der Waals surface area contributed by atoms with Gasteiger partial charge in [0.15, 0.2) is 0 Å². The van der Waals surface area contributed by atoms with Crippen LogP contribution in [-0.2, 0) is 4.74 Å². The molecule has 1 N–H and O–H groups in total. The number of phenols is 1. The number of aryl methyl sites for hydroxylation is 2. The number of carbonyl (C=O) groups excluding carboxylic acids is 1. The van der Waals surface area contributed by atoms with Gasteiger partial charge < -0.3 is 9.84 Å². The summed E-state index contributed by atoms with van der Waals surface area (Å²) in [5.41, 5.74) is 3.67. The van der Waals surface area contributed by atoms with Gasteiger partial charge in [-0.1, -0.05) is 6.07 Å². The van der Waals surface area contributed by atoms with Crippen LogP contribution in [0.1, 0.15) is 34.0 Å². The first-order valence-electron chi connectivity index (χ1n) is 7.12. The number of aliphatic imine (C=N–C) groups is 1. The highest BCUT2D eigenvalue weighted by atomic mass is 16.5. The summed E-state index contributed by atoms with van der Waals surface area (Å²) in [6, 6.07) is 10.7. The summed E-state index contributed by atoms with van der Waals surface area (Å²) in [5.74, 6) is -0.0441. The summed E-state index contributed by atoms with van der Waals surface area (Å²) in [6.07, 6.45) is 1.71. The van der Waals surface area contributed by atoms with E-state index in [4.69, 9.17) is 4.74 Å². The number of aromatic hydroxyl groups is 1. The van der Waals surface area contributed by atoms with Crippen molar-refractivity contribution in [1.82, 2.24) is 0 Å². The largest absolute Gasteiger partial charge is 0.507 e. The highest BCUT2D eigenvalue weighted by molar-refractivity contribution is 5.91. The van der Waals surface area contributed by atoms with Crippen LogP contribution >= 0.6 is 0 Å². The van der Waals surface area contributed by atoms with Gasteiger partial charge in [0.1, 0.15) is 5.75 Å². The number of hydrogen-bond donors (Lipinski definition) is 1. The third kappa shape index (κ3) is 3.73. The number of nitrogens with zero attached hydrogens (tertiary/aromatic N) is 1. The summed E-state index contributed by atoms with van der Waals surface area (Å²) in [6.45, 7) is 5.82. The average Bonchev–Trinajstić information content (AvgIpc) is 2.51. The van der Waals surface area contributed by atoms with Crippen molar-refractivity contribution in [2.24, 2.45) is 4.99 Å². The second kappa shape index (κ2) is 6.89. The molecule has 0 atom stereocenters. The van der Waals surface area contributed by atoms with Crippen LogP contribution < -0.4 is 0 Å². The van der Waals surface area contributed by atoms with Crippen molar-refractivity contribution in [2.45, 2.75) is 20.8 Å². The van der Waals surface area contributed by atoms with Gasteiger partial charge in [0.2, 0.25) is 0 Å². The van der Waals surface area contributed by atoms with Crippen molar-refractivity contribution in [3.05, 3.63) is 58.7 Å². The van der Waals surface area contributed by atoms with Gasteiger partial charge in [-0.3, -0.25) is 4.99 Å². The van der Waals surface area contributed by atoms with Crippen molar-refractivity contribution in [3.8, 4) is 5.75 Å². The molecule has 2 rings (SSSR count). The molecule has 2 aromatic carbocycles. The van der Waals surface area contributed by atoms with Crippen molar-refractivity contribution >= 4 is 17.9 Å². The Hall–Kier alpha value is -2.62. The van der Waals surface area contributed by atoms with Crippen LogP contribution in [0.5, 0.6) is 5.75 Å². The highest BCUT2D eigenvalue weighted by Gasteiger charge is 2.06. The third-order valence-electron chi connectivity index (χ3n) is 3.23. The van der Waals surface area contributed by atoms with Crippen LogP contribution in [0.15, 0.2) is 41.4 Å². The summed E-state index contributed by atoms with van der Waals surface area (Å²) < 4.78 is 4.97. The Bertz CT molecular complexity index is 697. The van der Waals surface area contributed by atoms with E-state index in [1.165, 1.54) is 0 Å². The van der Waals surface area contributed by atoms with Gasteiger partial charge >= 0.3 is 5.97 Å². The Labute approximate surface area is 130 Å². The topological polar surface area (TPSA) is 58.9 Å². The second-order valence-corrected chi connectivity index (χ2v) is 5.03. The fourth-order valence-electron chi connectivity index (χ4n) is 2.14. The van der Waals surface area contributed by atoms with Crippen molar-refractivity contribution in [3.63, 3.8) is 0 Å². The molecule has 0 heterocycles. The zero-order valence-corrected chi connectivity index (χ0v) is 13.0. The van der Waals surface area contributed by atoms with E-state index in [-0.39, 0.29) is 5.97 Å². The Balaban J connectivity index is 2.23. The number of benzene rings is 2. The van der Waals surface area contributed by atoms with Gasteiger partial charge in [0.25, 0.3) is 0 Å². The standard InChI is InChI=1S/C18H19NO3/c1-4-22-18(21)15-6-5-7-16(10-15)19-11-14-8-12(2)17(20)13(3)9-14/h5-11,20H,4H2,1-3H3. The first-order valence-corrected chi connectivity index (χ1v) is 7.12. The van der Waals surface area contributed by atoms with E-state index in [1.54, 1.807) is 31.3 Å². The minimum absolute atomic E-state index is 0.307. The molecule has 0 unspecified atom stereocenters. The Morgan fingerprint density at radius 1 is 1.23 bits per heavy atom. The fraction of sp³-hybridized carbons (Fsp3) is 0.222. The SMILES string of the molecule is CCOC(=O)c1cccc(N=Cc2cc(C)c(O)c(C)c2)c1. The van der Waals surface area contributed by atoms with E-state index in [2.05, 4.69) is 4.99 Å². The molecule has 4 nitrogen and oxygen atoms in total. The van der Waals surface area contributed by atoms with E-state index in [9.17, 15) is 9.90 Å². The van der Waals surface area contributed by atoms with Crippen molar-refractivity contribution in [1.29, 1.82) is 0 Å². The number of carbonyl (C=O) groups is 1. The van der Waals surface area contributed by atoms with Gasteiger partial charge in [-0.05, 0) is 67.8 Å². The van der Waals surface area contributed by atoms with Gasteiger partial charge in [0, 0.05) is 6.21 Å². The molecular weight excluding hydrogens is 278 g/mol. The zero-order valence-electron chi connectivity index (χ0n) is 13.0. The van der Waals surface area contributed by atoms with Crippen LogP contribution in [0.2, 0.25) is 0 Å². The smallest absolute Gasteiger partial charge is 0.338 e. The molecule has 22 heavy (non-hydrogen) atoms. The van der Waals surface area contributed by atoms with Crippen LogP contribution in [0, 0.1) is 13.8 Å². The van der Waals surface area contributed by atoms with Crippen LogP contribution in [0.3, 0.4) is 0 Å². The monoisotopic (exact) mass is 297 g/mol. The normalized spacial score (nSPS) is 10.9. The molecule has 0 aliphatic heterocycles. The van der Waals surface area contributed by atoms with Crippen molar-refractivity contribution < 1.29 is 14.6 Å². The lowest BCUT2D eigenvalue weighted by Gasteiger charge is -2.05. The Kier molecular flexibility index (Phi) is 4.94. The molecule has 0 aromatic heterocycles. The number of ether oxygens (including phenoxy) is 1. The average molecular weight is 297 g/mol. The Morgan fingerprint density at radius 2 is 1.91 bits per heavy atom. The highest BCUT2D eigenvalue weighted by Crippen LogP contribution is 2.22. The first-order chi connectivity index (χ1) is 10.5. The molecule has 0 saturated heterocycles. The summed E-state index contributed by atoms with van der Waals surface area (Å²) in [5, 5.41) is 9.77. The number of phenolic OH excluding ortho intramolecular Hbond substituents is 1. The lowest BCUT2D eigenvalue weighted by molar-refractivity contribution is 0.0526. The molecule has 0 spiro atoms. The predicted octanol–water partition coefficient (Wildman–Crippen LogP) is 3.94. The van der Waals surface area contributed by atoms with Crippen LogP contribution in [-0.4, -0.2) is 23.9 Å². The number of rotatable bonds is 4. The molecule has 4 heteroatoms. The molecule has 0 aliphatic rings. The van der Waals surface area contributed by atoms with E-state index in [1.807, 2.05) is 32.0 Å². The molecule has 2 aromatic rings. The van der Waals surface area contributed by atoms with Gasteiger partial charge in [-0.15, -0.1) is 0 Å².